The summed E-state index contributed by atoms with van der Waals surface area (Å²) in [7, 11) is 0. The van der Waals surface area contributed by atoms with Gasteiger partial charge in [0.2, 0.25) is 0 Å². The second kappa shape index (κ2) is 7.60. The summed E-state index contributed by atoms with van der Waals surface area (Å²) >= 11 is 0. The molecule has 156 valence electrons. The SMILES string of the molecule is C[C@@H](Cc1n[nH]cc1CO)c1cccc(N2Cc3c(cccc3C(F)(F)F)C2=O)c1. The number of hydrogen-bond donors (Lipinski definition) is 2. The number of aromatic amines is 1. The lowest BCUT2D eigenvalue weighted by molar-refractivity contribution is -0.138. The van der Waals surface area contributed by atoms with Crippen molar-refractivity contribution in [1.82, 2.24) is 10.2 Å². The fraction of sp³-hybridized carbons (Fsp3) is 0.273. The molecule has 8 heteroatoms. The highest BCUT2D eigenvalue weighted by molar-refractivity contribution is 6.10. The topological polar surface area (TPSA) is 69.2 Å². The van der Waals surface area contributed by atoms with E-state index in [0.717, 1.165) is 22.9 Å². The summed E-state index contributed by atoms with van der Waals surface area (Å²) < 4.78 is 40.1. The largest absolute Gasteiger partial charge is 0.416 e. The summed E-state index contributed by atoms with van der Waals surface area (Å²) in [5.74, 6) is -0.403. The van der Waals surface area contributed by atoms with Gasteiger partial charge < -0.3 is 10.0 Å². The number of benzene rings is 2. The molecule has 30 heavy (non-hydrogen) atoms. The first-order valence-corrected chi connectivity index (χ1v) is 9.53. The lowest BCUT2D eigenvalue weighted by Gasteiger charge is -2.19. The third-order valence-electron chi connectivity index (χ3n) is 5.50. The van der Waals surface area contributed by atoms with Crippen molar-refractivity contribution in [2.24, 2.45) is 0 Å². The van der Waals surface area contributed by atoms with Gasteiger partial charge in [-0.15, -0.1) is 0 Å². The van der Waals surface area contributed by atoms with E-state index in [1.807, 2.05) is 19.1 Å². The van der Waals surface area contributed by atoms with Crippen LogP contribution in [0.4, 0.5) is 18.9 Å². The van der Waals surface area contributed by atoms with Crippen LogP contribution in [0.5, 0.6) is 0 Å². The molecule has 2 N–H and O–H groups in total. The number of H-pyrrole nitrogens is 1. The van der Waals surface area contributed by atoms with Crippen LogP contribution in [-0.2, 0) is 25.7 Å². The van der Waals surface area contributed by atoms with Gasteiger partial charge in [0, 0.05) is 23.0 Å². The number of alkyl halides is 3. The van der Waals surface area contributed by atoms with Crippen molar-refractivity contribution in [2.75, 3.05) is 4.90 Å². The lowest BCUT2D eigenvalue weighted by Crippen LogP contribution is -2.23. The van der Waals surface area contributed by atoms with E-state index in [1.165, 1.54) is 17.0 Å². The fourth-order valence-electron chi connectivity index (χ4n) is 3.87. The molecular formula is C22H20F3N3O2. The maximum Gasteiger partial charge on any atom is 0.416 e. The molecule has 1 amide bonds. The van der Waals surface area contributed by atoms with Gasteiger partial charge in [-0.25, -0.2) is 0 Å². The number of aliphatic hydroxyl groups is 1. The zero-order valence-corrected chi connectivity index (χ0v) is 16.2. The normalized spacial score (nSPS) is 14.8. The predicted molar refractivity (Wildman–Crippen MR) is 105 cm³/mol. The zero-order chi connectivity index (χ0) is 21.5. The van der Waals surface area contributed by atoms with Crippen LogP contribution in [-0.4, -0.2) is 21.2 Å². The van der Waals surface area contributed by atoms with E-state index in [0.29, 0.717) is 12.1 Å². The number of amides is 1. The molecule has 3 aromatic rings. The first-order chi connectivity index (χ1) is 14.3. The van der Waals surface area contributed by atoms with Crippen molar-refractivity contribution in [3.05, 3.63) is 82.2 Å². The average molecular weight is 415 g/mol. The first-order valence-electron chi connectivity index (χ1n) is 9.53. The summed E-state index contributed by atoms with van der Waals surface area (Å²) in [6.07, 6.45) is -2.28. The van der Waals surface area contributed by atoms with Crippen LogP contribution in [0, 0.1) is 0 Å². The number of aliphatic hydroxyl groups excluding tert-OH is 1. The van der Waals surface area contributed by atoms with Crippen LogP contribution in [0.15, 0.2) is 48.7 Å². The van der Waals surface area contributed by atoms with Gasteiger partial charge in [-0.3, -0.25) is 9.89 Å². The Morgan fingerprint density at radius 3 is 2.73 bits per heavy atom. The van der Waals surface area contributed by atoms with E-state index < -0.39 is 17.6 Å². The standard InChI is InChI=1S/C22H20F3N3O2/c1-13(8-20-15(12-29)10-26-27-20)14-4-2-5-16(9-14)28-11-18-17(21(28)30)6-3-7-19(18)22(23,24)25/h2-7,9-10,13,29H,8,11-12H2,1H3,(H,26,27)/t13-/m0/s1. The van der Waals surface area contributed by atoms with Gasteiger partial charge in [0.25, 0.3) is 5.91 Å². The molecule has 0 spiro atoms. The highest BCUT2D eigenvalue weighted by atomic mass is 19.4. The third-order valence-corrected chi connectivity index (χ3v) is 5.50. The first kappa shape index (κ1) is 20.2. The molecule has 2 aromatic carbocycles. The predicted octanol–water partition coefficient (Wildman–Crippen LogP) is 4.43. The van der Waals surface area contributed by atoms with Crippen LogP contribution < -0.4 is 4.90 Å². The molecule has 5 nitrogen and oxygen atoms in total. The molecule has 4 rings (SSSR count). The van der Waals surface area contributed by atoms with Gasteiger partial charge in [0.05, 0.1) is 24.4 Å². The Labute approximate surface area is 171 Å². The Morgan fingerprint density at radius 2 is 2.00 bits per heavy atom. The molecule has 0 aliphatic carbocycles. The van der Waals surface area contributed by atoms with E-state index >= 15 is 0 Å². The van der Waals surface area contributed by atoms with E-state index in [1.54, 1.807) is 18.3 Å². The third kappa shape index (κ3) is 3.59. The van der Waals surface area contributed by atoms with Crippen molar-refractivity contribution >= 4 is 11.6 Å². The van der Waals surface area contributed by atoms with Crippen LogP contribution in [0.2, 0.25) is 0 Å². The summed E-state index contributed by atoms with van der Waals surface area (Å²) in [4.78, 5) is 14.2. The second-order valence-electron chi connectivity index (χ2n) is 7.44. The summed E-state index contributed by atoms with van der Waals surface area (Å²) in [6, 6.07) is 11.0. The van der Waals surface area contributed by atoms with E-state index in [9.17, 15) is 23.1 Å². The molecule has 0 radical (unpaired) electrons. The number of halogens is 3. The van der Waals surface area contributed by atoms with Gasteiger partial charge >= 0.3 is 6.18 Å². The number of fused-ring (bicyclic) bond motifs is 1. The fourth-order valence-corrected chi connectivity index (χ4v) is 3.87. The maximum atomic E-state index is 13.4. The summed E-state index contributed by atoms with van der Waals surface area (Å²) in [5, 5.41) is 16.3. The molecular weight excluding hydrogens is 395 g/mol. The van der Waals surface area contributed by atoms with Gasteiger partial charge in [0.1, 0.15) is 0 Å². The van der Waals surface area contributed by atoms with Crippen molar-refractivity contribution in [3.63, 3.8) is 0 Å². The minimum atomic E-state index is -4.51. The van der Waals surface area contributed by atoms with Gasteiger partial charge in [-0.1, -0.05) is 25.1 Å². The molecule has 0 saturated carbocycles. The Balaban J connectivity index is 1.61. The molecule has 0 saturated heterocycles. The average Bonchev–Trinajstić information content (AvgIpc) is 3.31. The van der Waals surface area contributed by atoms with Gasteiger partial charge in [-0.2, -0.15) is 18.3 Å². The lowest BCUT2D eigenvalue weighted by atomic mass is 9.94. The van der Waals surface area contributed by atoms with Gasteiger partial charge in [0.15, 0.2) is 0 Å². The van der Waals surface area contributed by atoms with E-state index in [2.05, 4.69) is 10.2 Å². The van der Waals surface area contributed by atoms with Crippen molar-refractivity contribution in [1.29, 1.82) is 0 Å². The number of carbonyl (C=O) groups is 1. The monoisotopic (exact) mass is 415 g/mol. The number of carbonyl (C=O) groups excluding carboxylic acids is 1. The van der Waals surface area contributed by atoms with Crippen LogP contribution in [0.1, 0.15) is 51.1 Å². The molecule has 1 aliphatic heterocycles. The quantitative estimate of drug-likeness (QED) is 0.648. The Kier molecular flexibility index (Phi) is 5.11. The maximum absolute atomic E-state index is 13.4. The molecule has 0 fully saturated rings. The molecule has 0 bridgehead atoms. The number of anilines is 1. The Morgan fingerprint density at radius 1 is 1.23 bits per heavy atom. The number of hydrogen-bond acceptors (Lipinski definition) is 3. The Hall–Kier alpha value is -3.13. The number of nitrogens with one attached hydrogen (secondary N) is 1. The van der Waals surface area contributed by atoms with Gasteiger partial charge in [-0.05, 0) is 47.7 Å². The van der Waals surface area contributed by atoms with Crippen molar-refractivity contribution in [3.8, 4) is 0 Å². The molecule has 1 aliphatic rings. The number of rotatable bonds is 5. The van der Waals surface area contributed by atoms with Crippen molar-refractivity contribution in [2.45, 2.75) is 38.6 Å². The van der Waals surface area contributed by atoms with Crippen LogP contribution >= 0.6 is 0 Å². The number of nitrogens with zero attached hydrogens (tertiary/aromatic N) is 2. The highest BCUT2D eigenvalue weighted by Crippen LogP contribution is 2.38. The summed E-state index contributed by atoms with van der Waals surface area (Å²) in [5.41, 5.74) is 2.30. The second-order valence-corrected chi connectivity index (χ2v) is 7.44. The molecule has 2 heterocycles. The number of aromatic nitrogens is 2. The Bertz CT molecular complexity index is 1090. The highest BCUT2D eigenvalue weighted by Gasteiger charge is 2.39. The van der Waals surface area contributed by atoms with Crippen LogP contribution in [0.25, 0.3) is 0 Å². The minimum absolute atomic E-state index is 0.0116. The van der Waals surface area contributed by atoms with Crippen molar-refractivity contribution < 1.29 is 23.1 Å². The molecule has 1 aromatic heterocycles. The van der Waals surface area contributed by atoms with Crippen LogP contribution in [0.3, 0.4) is 0 Å². The minimum Gasteiger partial charge on any atom is -0.392 e. The van der Waals surface area contributed by atoms with E-state index in [-0.39, 0.29) is 30.2 Å². The summed E-state index contributed by atoms with van der Waals surface area (Å²) in [6.45, 7) is 1.77. The van der Waals surface area contributed by atoms with E-state index in [4.69, 9.17) is 0 Å². The molecule has 0 unspecified atom stereocenters. The smallest absolute Gasteiger partial charge is 0.392 e. The molecule has 1 atom stereocenters. The zero-order valence-electron chi connectivity index (χ0n) is 16.2.